The molecule has 2 aliphatic rings. The van der Waals surface area contributed by atoms with Gasteiger partial charge in [0, 0.05) is 19.8 Å². The molecule has 0 aromatic carbocycles. The largest absolute Gasteiger partial charge is 0.490 e. The summed E-state index contributed by atoms with van der Waals surface area (Å²) >= 11 is 0. The highest BCUT2D eigenvalue weighted by Crippen LogP contribution is 2.25. The Morgan fingerprint density at radius 3 is 3.35 bits per heavy atom. The number of hydrogen-bond acceptors (Lipinski definition) is 3. The van der Waals surface area contributed by atoms with Crippen molar-refractivity contribution in [1.29, 1.82) is 0 Å². The number of aromatic nitrogens is 2. The molecular weight excluding hydrogens is 216 g/mol. The number of rotatable bonds is 4. The van der Waals surface area contributed by atoms with Gasteiger partial charge in [-0.15, -0.1) is 0 Å². The molecular formula is C13H20N2O2. The summed E-state index contributed by atoms with van der Waals surface area (Å²) in [5.41, 5.74) is 1.29. The van der Waals surface area contributed by atoms with E-state index in [-0.39, 0.29) is 0 Å². The molecule has 0 radical (unpaired) electrons. The Morgan fingerprint density at radius 2 is 2.47 bits per heavy atom. The molecule has 1 unspecified atom stereocenters. The SMILES string of the molecule is c1nn2c(c1OCCC1CCOC1)CCCC2. The average Bonchev–Trinajstić information content (AvgIpc) is 2.99. The van der Waals surface area contributed by atoms with Crippen LogP contribution < -0.4 is 4.74 Å². The van der Waals surface area contributed by atoms with Gasteiger partial charge in [0.15, 0.2) is 5.75 Å². The van der Waals surface area contributed by atoms with Crippen LogP contribution in [0.4, 0.5) is 0 Å². The molecule has 0 saturated carbocycles. The summed E-state index contributed by atoms with van der Waals surface area (Å²) in [4.78, 5) is 0. The van der Waals surface area contributed by atoms with Gasteiger partial charge in [0.25, 0.3) is 0 Å². The molecule has 0 spiro atoms. The Morgan fingerprint density at radius 1 is 1.47 bits per heavy atom. The minimum Gasteiger partial charge on any atom is -0.490 e. The maximum Gasteiger partial charge on any atom is 0.160 e. The van der Waals surface area contributed by atoms with E-state index in [1.54, 1.807) is 0 Å². The van der Waals surface area contributed by atoms with Crippen molar-refractivity contribution in [3.05, 3.63) is 11.9 Å². The summed E-state index contributed by atoms with van der Waals surface area (Å²) in [6.07, 6.45) is 7.79. The second-order valence-electron chi connectivity index (χ2n) is 5.00. The Kier molecular flexibility index (Phi) is 3.31. The van der Waals surface area contributed by atoms with Crippen LogP contribution in [0.2, 0.25) is 0 Å². The fourth-order valence-corrected chi connectivity index (χ4v) is 2.66. The summed E-state index contributed by atoms with van der Waals surface area (Å²) in [5.74, 6) is 1.70. The molecule has 0 aliphatic carbocycles. The molecule has 2 aliphatic heterocycles. The number of nitrogens with zero attached hydrogens (tertiary/aromatic N) is 2. The van der Waals surface area contributed by atoms with Crippen LogP contribution in [0.25, 0.3) is 0 Å². The Bertz CT molecular complexity index is 369. The third-order valence-electron chi connectivity index (χ3n) is 3.75. The van der Waals surface area contributed by atoms with Crippen LogP contribution in [-0.2, 0) is 17.7 Å². The van der Waals surface area contributed by atoms with E-state index in [0.29, 0.717) is 5.92 Å². The first-order chi connectivity index (χ1) is 8.43. The first kappa shape index (κ1) is 11.1. The summed E-state index contributed by atoms with van der Waals surface area (Å²) < 4.78 is 13.3. The molecule has 1 aromatic heterocycles. The van der Waals surface area contributed by atoms with Crippen molar-refractivity contribution in [3.8, 4) is 5.75 Å². The van der Waals surface area contributed by atoms with E-state index < -0.39 is 0 Å². The molecule has 17 heavy (non-hydrogen) atoms. The lowest BCUT2D eigenvalue weighted by atomic mass is 10.1. The molecule has 1 atom stereocenters. The van der Waals surface area contributed by atoms with Gasteiger partial charge in [-0.25, -0.2) is 0 Å². The van der Waals surface area contributed by atoms with Crippen molar-refractivity contribution < 1.29 is 9.47 Å². The zero-order valence-electron chi connectivity index (χ0n) is 10.2. The summed E-state index contributed by atoms with van der Waals surface area (Å²) in [6, 6.07) is 0. The topological polar surface area (TPSA) is 36.3 Å². The lowest BCUT2D eigenvalue weighted by Gasteiger charge is -2.15. The molecule has 0 N–H and O–H groups in total. The standard InChI is InChI=1S/C13H20N2O2/c1-2-6-15-12(3-1)13(9-14-15)17-8-5-11-4-7-16-10-11/h9,11H,1-8,10H2. The van der Waals surface area contributed by atoms with Gasteiger partial charge in [0.1, 0.15) is 0 Å². The third kappa shape index (κ3) is 2.46. The molecule has 3 heterocycles. The summed E-state index contributed by atoms with van der Waals surface area (Å²) in [6.45, 7) is 3.69. The Labute approximate surface area is 102 Å². The van der Waals surface area contributed by atoms with Crippen LogP contribution in [0.15, 0.2) is 6.20 Å². The van der Waals surface area contributed by atoms with Crippen LogP contribution in [-0.4, -0.2) is 29.6 Å². The summed E-state index contributed by atoms with van der Waals surface area (Å²) in [5, 5.41) is 4.37. The second kappa shape index (κ2) is 5.08. The van der Waals surface area contributed by atoms with Gasteiger partial charge in [0.2, 0.25) is 0 Å². The van der Waals surface area contributed by atoms with Crippen LogP contribution in [0.5, 0.6) is 5.75 Å². The third-order valence-corrected chi connectivity index (χ3v) is 3.75. The van der Waals surface area contributed by atoms with Gasteiger partial charge in [-0.05, 0) is 38.0 Å². The smallest absolute Gasteiger partial charge is 0.160 e. The van der Waals surface area contributed by atoms with Gasteiger partial charge >= 0.3 is 0 Å². The zero-order valence-corrected chi connectivity index (χ0v) is 10.2. The average molecular weight is 236 g/mol. The van der Waals surface area contributed by atoms with Gasteiger partial charge < -0.3 is 9.47 Å². The van der Waals surface area contributed by atoms with E-state index >= 15 is 0 Å². The van der Waals surface area contributed by atoms with Crippen LogP contribution >= 0.6 is 0 Å². The van der Waals surface area contributed by atoms with Crippen LogP contribution in [0.3, 0.4) is 0 Å². The molecule has 1 aromatic rings. The van der Waals surface area contributed by atoms with Gasteiger partial charge in [-0.1, -0.05) is 0 Å². The van der Waals surface area contributed by atoms with E-state index in [1.165, 1.54) is 25.0 Å². The molecule has 0 bridgehead atoms. The maximum atomic E-state index is 5.87. The molecule has 0 amide bonds. The first-order valence-corrected chi connectivity index (χ1v) is 6.69. The van der Waals surface area contributed by atoms with Crippen molar-refractivity contribution in [2.75, 3.05) is 19.8 Å². The molecule has 1 fully saturated rings. The second-order valence-corrected chi connectivity index (χ2v) is 5.00. The van der Waals surface area contributed by atoms with Gasteiger partial charge in [-0.2, -0.15) is 5.10 Å². The molecule has 4 heteroatoms. The highest BCUT2D eigenvalue weighted by molar-refractivity contribution is 5.26. The van der Waals surface area contributed by atoms with E-state index in [0.717, 1.165) is 45.0 Å². The fraction of sp³-hybridized carbons (Fsp3) is 0.769. The van der Waals surface area contributed by atoms with Crippen LogP contribution in [0.1, 0.15) is 31.4 Å². The summed E-state index contributed by atoms with van der Waals surface area (Å²) in [7, 11) is 0. The van der Waals surface area contributed by atoms with Gasteiger partial charge in [-0.3, -0.25) is 4.68 Å². The number of ether oxygens (including phenoxy) is 2. The molecule has 3 rings (SSSR count). The van der Waals surface area contributed by atoms with Crippen molar-refractivity contribution >= 4 is 0 Å². The zero-order chi connectivity index (χ0) is 11.5. The van der Waals surface area contributed by atoms with Gasteiger partial charge in [0.05, 0.1) is 18.5 Å². The first-order valence-electron chi connectivity index (χ1n) is 6.69. The molecule has 1 saturated heterocycles. The number of hydrogen-bond donors (Lipinski definition) is 0. The fourth-order valence-electron chi connectivity index (χ4n) is 2.66. The maximum absolute atomic E-state index is 5.87. The van der Waals surface area contributed by atoms with Crippen molar-refractivity contribution in [3.63, 3.8) is 0 Å². The lowest BCUT2D eigenvalue weighted by molar-refractivity contribution is 0.178. The highest BCUT2D eigenvalue weighted by Gasteiger charge is 2.18. The minimum atomic E-state index is 0.696. The monoisotopic (exact) mass is 236 g/mol. The van der Waals surface area contributed by atoms with E-state index in [1.807, 2.05) is 6.20 Å². The highest BCUT2D eigenvalue weighted by atomic mass is 16.5. The lowest BCUT2D eigenvalue weighted by Crippen LogP contribution is -2.12. The van der Waals surface area contributed by atoms with Crippen molar-refractivity contribution in [2.24, 2.45) is 5.92 Å². The van der Waals surface area contributed by atoms with E-state index in [9.17, 15) is 0 Å². The van der Waals surface area contributed by atoms with E-state index in [4.69, 9.17) is 9.47 Å². The molecule has 94 valence electrons. The predicted molar refractivity (Wildman–Crippen MR) is 64.2 cm³/mol. The number of aryl methyl sites for hydroxylation is 1. The van der Waals surface area contributed by atoms with Crippen molar-refractivity contribution in [2.45, 2.75) is 38.6 Å². The normalized spacial score (nSPS) is 23.6. The quantitative estimate of drug-likeness (QED) is 0.802. The van der Waals surface area contributed by atoms with Crippen molar-refractivity contribution in [1.82, 2.24) is 9.78 Å². The Balaban J connectivity index is 1.52. The predicted octanol–water partition coefficient (Wildman–Crippen LogP) is 2.02. The number of fused-ring (bicyclic) bond motifs is 1. The molecule has 4 nitrogen and oxygen atoms in total. The van der Waals surface area contributed by atoms with E-state index in [2.05, 4.69) is 9.78 Å². The minimum absolute atomic E-state index is 0.696. The Hall–Kier alpha value is -1.03. The van der Waals surface area contributed by atoms with Crippen LogP contribution in [0, 0.1) is 5.92 Å².